The van der Waals surface area contributed by atoms with E-state index in [1.165, 1.54) is 5.56 Å². The molecule has 0 aliphatic rings. The number of anilines is 2. The van der Waals surface area contributed by atoms with Crippen LogP contribution in [0.2, 0.25) is 0 Å². The topological polar surface area (TPSA) is 33.3 Å². The van der Waals surface area contributed by atoms with Gasteiger partial charge in [0.1, 0.15) is 5.75 Å². The summed E-state index contributed by atoms with van der Waals surface area (Å²) in [6, 6.07) is 16.0. The first-order chi connectivity index (χ1) is 10.7. The Bertz CT molecular complexity index is 642. The molecule has 0 heterocycles. The predicted octanol–water partition coefficient (Wildman–Crippen LogP) is 5.02. The first-order valence-corrected chi connectivity index (χ1v) is 7.86. The highest BCUT2D eigenvalue weighted by Gasteiger charge is 2.10. The second kappa shape index (κ2) is 7.80. The van der Waals surface area contributed by atoms with E-state index in [-0.39, 0.29) is 0 Å². The average Bonchev–Trinajstić information content (AvgIpc) is 2.55. The number of para-hydroxylation sites is 3. The van der Waals surface area contributed by atoms with Crippen molar-refractivity contribution in [3.05, 3.63) is 54.1 Å². The molecule has 0 amide bonds. The van der Waals surface area contributed by atoms with Crippen molar-refractivity contribution in [1.29, 1.82) is 0 Å². The van der Waals surface area contributed by atoms with Gasteiger partial charge in [-0.1, -0.05) is 44.2 Å². The molecule has 0 aromatic heterocycles. The molecule has 0 aliphatic carbocycles. The third-order valence-electron chi connectivity index (χ3n) is 3.71. The average molecular weight is 314 g/mol. The summed E-state index contributed by atoms with van der Waals surface area (Å²) in [6.45, 7) is 4.41. The predicted molar refractivity (Wildman–Crippen MR) is 98.0 cm³/mol. The number of thiocarbonyl (C=S) groups is 1. The molecule has 0 bridgehead atoms. The van der Waals surface area contributed by atoms with Gasteiger partial charge in [0.15, 0.2) is 5.11 Å². The molecular formula is C18H22N2OS. The summed E-state index contributed by atoms with van der Waals surface area (Å²) < 4.78 is 5.33. The molecule has 0 spiro atoms. The fraction of sp³-hybridized carbons (Fsp3) is 0.278. The zero-order valence-electron chi connectivity index (χ0n) is 13.2. The number of nitrogens with one attached hydrogen (secondary N) is 2. The van der Waals surface area contributed by atoms with E-state index < -0.39 is 0 Å². The molecule has 0 aliphatic heterocycles. The molecule has 22 heavy (non-hydrogen) atoms. The van der Waals surface area contributed by atoms with E-state index in [1.807, 2.05) is 30.3 Å². The summed E-state index contributed by atoms with van der Waals surface area (Å²) in [5.74, 6) is 1.25. The molecule has 116 valence electrons. The molecule has 1 atom stereocenters. The van der Waals surface area contributed by atoms with Crippen molar-refractivity contribution in [3.8, 4) is 5.75 Å². The van der Waals surface area contributed by atoms with E-state index in [2.05, 4.69) is 42.7 Å². The third-order valence-corrected chi connectivity index (χ3v) is 3.91. The van der Waals surface area contributed by atoms with Gasteiger partial charge in [0, 0.05) is 5.69 Å². The molecule has 3 nitrogen and oxygen atoms in total. The van der Waals surface area contributed by atoms with Crippen LogP contribution in [0.5, 0.6) is 5.75 Å². The minimum Gasteiger partial charge on any atom is -0.495 e. The van der Waals surface area contributed by atoms with Crippen LogP contribution in [0.25, 0.3) is 0 Å². The summed E-state index contributed by atoms with van der Waals surface area (Å²) in [7, 11) is 1.65. The number of methoxy groups -OCH3 is 1. The van der Waals surface area contributed by atoms with Crippen molar-refractivity contribution < 1.29 is 4.74 Å². The van der Waals surface area contributed by atoms with E-state index in [9.17, 15) is 0 Å². The fourth-order valence-corrected chi connectivity index (χ4v) is 2.50. The van der Waals surface area contributed by atoms with Gasteiger partial charge in [-0.3, -0.25) is 0 Å². The highest BCUT2D eigenvalue weighted by molar-refractivity contribution is 7.80. The second-order valence-corrected chi connectivity index (χ2v) is 5.58. The van der Waals surface area contributed by atoms with Crippen LogP contribution in [0.3, 0.4) is 0 Å². The minimum absolute atomic E-state index is 0.484. The number of benzene rings is 2. The van der Waals surface area contributed by atoms with Gasteiger partial charge in [-0.05, 0) is 48.3 Å². The molecule has 0 radical (unpaired) electrons. The Labute approximate surface area is 137 Å². The molecule has 2 aromatic carbocycles. The molecule has 0 saturated heterocycles. The van der Waals surface area contributed by atoms with Crippen molar-refractivity contribution in [2.24, 2.45) is 0 Å². The molecule has 4 heteroatoms. The zero-order valence-corrected chi connectivity index (χ0v) is 14.0. The summed E-state index contributed by atoms with van der Waals surface area (Å²) in [4.78, 5) is 0. The van der Waals surface area contributed by atoms with Gasteiger partial charge in [0.25, 0.3) is 0 Å². The zero-order chi connectivity index (χ0) is 15.9. The lowest BCUT2D eigenvalue weighted by Gasteiger charge is -2.18. The lowest BCUT2D eigenvalue weighted by molar-refractivity contribution is 0.417. The van der Waals surface area contributed by atoms with Gasteiger partial charge in [-0.15, -0.1) is 0 Å². The first kappa shape index (κ1) is 16.3. The second-order valence-electron chi connectivity index (χ2n) is 5.18. The van der Waals surface area contributed by atoms with Crippen LogP contribution in [0.4, 0.5) is 11.4 Å². The SMILES string of the molecule is CCC(C)c1ccccc1NC(=S)Nc1ccccc1OC. The largest absolute Gasteiger partial charge is 0.495 e. The van der Waals surface area contributed by atoms with Gasteiger partial charge >= 0.3 is 0 Å². The van der Waals surface area contributed by atoms with Crippen LogP contribution < -0.4 is 15.4 Å². The minimum atomic E-state index is 0.484. The lowest BCUT2D eigenvalue weighted by atomic mass is 9.97. The summed E-state index contributed by atoms with van der Waals surface area (Å²) in [5.41, 5.74) is 3.17. The van der Waals surface area contributed by atoms with E-state index >= 15 is 0 Å². The Morgan fingerprint density at radius 3 is 2.32 bits per heavy atom. The van der Waals surface area contributed by atoms with Crippen molar-refractivity contribution in [1.82, 2.24) is 0 Å². The molecule has 0 fully saturated rings. The van der Waals surface area contributed by atoms with Crippen molar-refractivity contribution >= 4 is 28.7 Å². The van der Waals surface area contributed by atoms with Crippen molar-refractivity contribution in [3.63, 3.8) is 0 Å². The Hall–Kier alpha value is -2.07. The molecule has 1 unspecified atom stereocenters. The van der Waals surface area contributed by atoms with Crippen LogP contribution in [-0.2, 0) is 0 Å². The van der Waals surface area contributed by atoms with Crippen molar-refractivity contribution in [2.75, 3.05) is 17.7 Å². The normalized spacial score (nSPS) is 11.6. The smallest absolute Gasteiger partial charge is 0.175 e. The number of ether oxygens (including phenoxy) is 1. The fourth-order valence-electron chi connectivity index (χ4n) is 2.28. The maximum absolute atomic E-state index is 5.43. The molecule has 2 aromatic rings. The maximum atomic E-state index is 5.43. The van der Waals surface area contributed by atoms with Gasteiger partial charge in [-0.25, -0.2) is 0 Å². The van der Waals surface area contributed by atoms with Crippen LogP contribution >= 0.6 is 12.2 Å². The Morgan fingerprint density at radius 1 is 1.05 bits per heavy atom. The van der Waals surface area contributed by atoms with E-state index in [4.69, 9.17) is 17.0 Å². The third kappa shape index (κ3) is 3.98. The first-order valence-electron chi connectivity index (χ1n) is 7.45. The van der Waals surface area contributed by atoms with Crippen LogP contribution in [-0.4, -0.2) is 12.2 Å². The van der Waals surface area contributed by atoms with Crippen LogP contribution in [0.15, 0.2) is 48.5 Å². The monoisotopic (exact) mass is 314 g/mol. The van der Waals surface area contributed by atoms with Gasteiger partial charge < -0.3 is 15.4 Å². The van der Waals surface area contributed by atoms with Gasteiger partial charge in [0.05, 0.1) is 12.8 Å². The molecule has 2 N–H and O–H groups in total. The lowest BCUT2D eigenvalue weighted by Crippen LogP contribution is -2.20. The Kier molecular flexibility index (Phi) is 5.78. The summed E-state index contributed by atoms with van der Waals surface area (Å²) >= 11 is 5.43. The van der Waals surface area contributed by atoms with Crippen LogP contribution in [0, 0.1) is 0 Å². The summed E-state index contributed by atoms with van der Waals surface area (Å²) in [5, 5.41) is 7.04. The Balaban J connectivity index is 2.13. The van der Waals surface area contributed by atoms with Crippen LogP contribution in [0.1, 0.15) is 31.7 Å². The highest BCUT2D eigenvalue weighted by atomic mass is 32.1. The number of rotatable bonds is 5. The molecular weight excluding hydrogens is 292 g/mol. The number of hydrogen-bond donors (Lipinski definition) is 2. The van der Waals surface area contributed by atoms with Crippen molar-refractivity contribution in [2.45, 2.75) is 26.2 Å². The number of hydrogen-bond acceptors (Lipinski definition) is 2. The highest BCUT2D eigenvalue weighted by Crippen LogP contribution is 2.27. The maximum Gasteiger partial charge on any atom is 0.175 e. The molecule has 0 saturated carbocycles. The standard InChI is InChI=1S/C18H22N2OS/c1-4-13(2)14-9-5-6-10-15(14)19-18(22)20-16-11-7-8-12-17(16)21-3/h5-13H,4H2,1-3H3,(H2,19,20,22). The van der Waals surface area contributed by atoms with E-state index in [1.54, 1.807) is 7.11 Å². The Morgan fingerprint density at radius 2 is 1.64 bits per heavy atom. The van der Waals surface area contributed by atoms with Gasteiger partial charge in [0.2, 0.25) is 0 Å². The quantitative estimate of drug-likeness (QED) is 0.759. The summed E-state index contributed by atoms with van der Waals surface area (Å²) in [6.07, 6.45) is 1.09. The van der Waals surface area contributed by atoms with Gasteiger partial charge in [-0.2, -0.15) is 0 Å². The van der Waals surface area contributed by atoms with E-state index in [0.29, 0.717) is 11.0 Å². The molecule has 2 rings (SSSR count). The van der Waals surface area contributed by atoms with E-state index in [0.717, 1.165) is 23.5 Å².